The SMILES string of the molecule is C[C@H]1OCCN[C@@H]1C(=O)NCC1(CN2CCOCC2)CCCCC1.Cl.Cl. The molecule has 3 aliphatic rings. The highest BCUT2D eigenvalue weighted by molar-refractivity contribution is 5.85. The van der Waals surface area contributed by atoms with E-state index in [1.165, 1.54) is 32.1 Å². The van der Waals surface area contributed by atoms with Crippen molar-refractivity contribution in [3.8, 4) is 0 Å². The predicted molar refractivity (Wildman–Crippen MR) is 107 cm³/mol. The fraction of sp³-hybridized carbons (Fsp3) is 0.944. The monoisotopic (exact) mass is 411 g/mol. The number of carbonyl (C=O) groups excluding carboxylic acids is 1. The van der Waals surface area contributed by atoms with E-state index < -0.39 is 0 Å². The molecule has 1 amide bonds. The minimum Gasteiger partial charge on any atom is -0.379 e. The summed E-state index contributed by atoms with van der Waals surface area (Å²) in [6.45, 7) is 8.99. The molecule has 0 spiro atoms. The van der Waals surface area contributed by atoms with Gasteiger partial charge in [0.1, 0.15) is 6.04 Å². The molecule has 0 radical (unpaired) electrons. The third-order valence-corrected chi connectivity index (χ3v) is 5.81. The van der Waals surface area contributed by atoms with Crippen molar-refractivity contribution in [3.63, 3.8) is 0 Å². The van der Waals surface area contributed by atoms with Crippen molar-refractivity contribution in [2.24, 2.45) is 5.41 Å². The minimum absolute atomic E-state index is 0. The van der Waals surface area contributed by atoms with Crippen LogP contribution in [-0.2, 0) is 14.3 Å². The maximum Gasteiger partial charge on any atom is 0.239 e. The van der Waals surface area contributed by atoms with Gasteiger partial charge in [0.05, 0.1) is 25.9 Å². The lowest BCUT2D eigenvalue weighted by Crippen LogP contribution is -2.57. The van der Waals surface area contributed by atoms with Crippen LogP contribution in [0.2, 0.25) is 0 Å². The van der Waals surface area contributed by atoms with Crippen LogP contribution in [0.25, 0.3) is 0 Å². The largest absolute Gasteiger partial charge is 0.379 e. The Morgan fingerprint density at radius 1 is 1.15 bits per heavy atom. The van der Waals surface area contributed by atoms with Crippen molar-refractivity contribution in [2.45, 2.75) is 51.2 Å². The highest BCUT2D eigenvalue weighted by Gasteiger charge is 2.36. The van der Waals surface area contributed by atoms with E-state index >= 15 is 0 Å². The molecular formula is C18H35Cl2N3O3. The number of halogens is 2. The molecule has 0 bridgehead atoms. The van der Waals surface area contributed by atoms with Crippen LogP contribution in [0.3, 0.4) is 0 Å². The molecule has 6 nitrogen and oxygen atoms in total. The van der Waals surface area contributed by atoms with E-state index in [9.17, 15) is 4.79 Å². The van der Waals surface area contributed by atoms with Gasteiger partial charge in [0, 0.05) is 38.1 Å². The first-order chi connectivity index (χ1) is 11.7. The highest BCUT2D eigenvalue weighted by Crippen LogP contribution is 2.36. The molecule has 0 unspecified atom stereocenters. The Labute approximate surface area is 169 Å². The van der Waals surface area contributed by atoms with E-state index in [0.29, 0.717) is 6.61 Å². The maximum atomic E-state index is 12.6. The fourth-order valence-electron chi connectivity index (χ4n) is 4.34. The fourth-order valence-corrected chi connectivity index (χ4v) is 4.34. The number of morpholine rings is 2. The van der Waals surface area contributed by atoms with Gasteiger partial charge in [-0.15, -0.1) is 24.8 Å². The quantitative estimate of drug-likeness (QED) is 0.719. The third kappa shape index (κ3) is 6.50. The van der Waals surface area contributed by atoms with Crippen LogP contribution in [-0.4, -0.2) is 75.5 Å². The first-order valence-electron chi connectivity index (χ1n) is 9.61. The number of nitrogens with one attached hydrogen (secondary N) is 2. The van der Waals surface area contributed by atoms with Crippen LogP contribution >= 0.6 is 24.8 Å². The lowest BCUT2D eigenvalue weighted by Gasteiger charge is -2.42. The molecule has 154 valence electrons. The Morgan fingerprint density at radius 2 is 1.85 bits per heavy atom. The molecule has 8 heteroatoms. The molecule has 1 saturated carbocycles. The Balaban J connectivity index is 0.00000169. The normalized spacial score (nSPS) is 29.1. The van der Waals surface area contributed by atoms with Crippen LogP contribution in [0.4, 0.5) is 0 Å². The van der Waals surface area contributed by atoms with Crippen molar-refractivity contribution in [1.82, 2.24) is 15.5 Å². The summed E-state index contributed by atoms with van der Waals surface area (Å²) < 4.78 is 11.1. The second-order valence-corrected chi connectivity index (χ2v) is 7.67. The smallest absolute Gasteiger partial charge is 0.239 e. The number of ether oxygens (including phenoxy) is 2. The summed E-state index contributed by atoms with van der Waals surface area (Å²) in [6.07, 6.45) is 6.26. The van der Waals surface area contributed by atoms with Gasteiger partial charge < -0.3 is 20.1 Å². The molecule has 2 saturated heterocycles. The number of nitrogens with zero attached hydrogens (tertiary/aromatic N) is 1. The zero-order chi connectivity index (χ0) is 16.8. The Kier molecular flexibility index (Phi) is 10.7. The van der Waals surface area contributed by atoms with Crippen LogP contribution in [0.5, 0.6) is 0 Å². The lowest BCUT2D eigenvalue weighted by molar-refractivity contribution is -0.129. The molecular weight excluding hydrogens is 377 g/mol. The molecule has 3 fully saturated rings. The zero-order valence-electron chi connectivity index (χ0n) is 15.8. The van der Waals surface area contributed by atoms with Gasteiger partial charge in [-0.25, -0.2) is 0 Å². The number of carbonyl (C=O) groups is 1. The summed E-state index contributed by atoms with van der Waals surface area (Å²) in [5, 5.41) is 6.53. The van der Waals surface area contributed by atoms with Crippen LogP contribution in [0.1, 0.15) is 39.0 Å². The summed E-state index contributed by atoms with van der Waals surface area (Å²) in [6, 6.07) is -0.220. The van der Waals surface area contributed by atoms with E-state index in [-0.39, 0.29) is 48.3 Å². The minimum atomic E-state index is -0.220. The topological polar surface area (TPSA) is 62.8 Å². The number of rotatable bonds is 5. The maximum absolute atomic E-state index is 12.6. The van der Waals surface area contributed by atoms with E-state index in [1.807, 2.05) is 6.92 Å². The van der Waals surface area contributed by atoms with Crippen LogP contribution < -0.4 is 10.6 Å². The Bertz CT molecular complexity index is 416. The zero-order valence-corrected chi connectivity index (χ0v) is 17.5. The lowest BCUT2D eigenvalue weighted by atomic mass is 9.73. The van der Waals surface area contributed by atoms with Gasteiger partial charge >= 0.3 is 0 Å². The van der Waals surface area contributed by atoms with E-state index in [1.54, 1.807) is 0 Å². The van der Waals surface area contributed by atoms with Crippen molar-refractivity contribution in [3.05, 3.63) is 0 Å². The van der Waals surface area contributed by atoms with E-state index in [4.69, 9.17) is 9.47 Å². The molecule has 0 aromatic heterocycles. The van der Waals surface area contributed by atoms with E-state index in [2.05, 4.69) is 15.5 Å². The molecule has 0 aromatic carbocycles. The summed E-state index contributed by atoms with van der Waals surface area (Å²) >= 11 is 0. The summed E-state index contributed by atoms with van der Waals surface area (Å²) in [7, 11) is 0. The van der Waals surface area contributed by atoms with E-state index in [0.717, 1.165) is 45.9 Å². The first-order valence-corrected chi connectivity index (χ1v) is 9.61. The standard InChI is InChI=1S/C18H33N3O3.2ClH/c1-15-16(19-7-10-24-15)17(22)20-13-18(5-3-2-4-6-18)14-21-8-11-23-12-9-21;;/h15-16,19H,2-14H2,1H3,(H,20,22);2*1H/t15-,16+;;/m1../s1. The van der Waals surface area contributed by atoms with Crippen molar-refractivity contribution >= 4 is 30.7 Å². The molecule has 2 aliphatic heterocycles. The van der Waals surface area contributed by atoms with Crippen molar-refractivity contribution < 1.29 is 14.3 Å². The van der Waals surface area contributed by atoms with Gasteiger partial charge in [-0.1, -0.05) is 19.3 Å². The van der Waals surface area contributed by atoms with Crippen molar-refractivity contribution in [1.29, 1.82) is 0 Å². The van der Waals surface area contributed by atoms with Gasteiger partial charge in [0.2, 0.25) is 5.91 Å². The number of amides is 1. The van der Waals surface area contributed by atoms with Gasteiger partial charge in [-0.05, 0) is 19.8 Å². The average molecular weight is 412 g/mol. The average Bonchev–Trinajstić information content (AvgIpc) is 2.62. The van der Waals surface area contributed by atoms with Gasteiger partial charge in [-0.2, -0.15) is 0 Å². The van der Waals surface area contributed by atoms with Crippen LogP contribution in [0, 0.1) is 5.41 Å². The molecule has 1 aliphatic carbocycles. The molecule has 2 N–H and O–H groups in total. The summed E-state index contributed by atoms with van der Waals surface area (Å²) in [5.74, 6) is 0.0918. The van der Waals surface area contributed by atoms with Gasteiger partial charge in [0.15, 0.2) is 0 Å². The third-order valence-electron chi connectivity index (χ3n) is 5.81. The predicted octanol–water partition coefficient (Wildman–Crippen LogP) is 1.61. The first kappa shape index (κ1) is 23.9. The van der Waals surface area contributed by atoms with Crippen molar-refractivity contribution in [2.75, 3.05) is 52.5 Å². The molecule has 26 heavy (non-hydrogen) atoms. The number of hydrogen-bond acceptors (Lipinski definition) is 5. The number of hydrogen-bond donors (Lipinski definition) is 2. The summed E-state index contributed by atoms with van der Waals surface area (Å²) in [4.78, 5) is 15.1. The Morgan fingerprint density at radius 3 is 2.50 bits per heavy atom. The molecule has 3 rings (SSSR count). The van der Waals surface area contributed by atoms with Gasteiger partial charge in [0.25, 0.3) is 0 Å². The highest BCUT2D eigenvalue weighted by atomic mass is 35.5. The molecule has 0 aromatic rings. The second kappa shape index (κ2) is 11.7. The summed E-state index contributed by atoms with van der Waals surface area (Å²) in [5.41, 5.74) is 0.226. The Hall–Kier alpha value is -0.110. The van der Waals surface area contributed by atoms with Gasteiger partial charge in [-0.3, -0.25) is 9.69 Å². The molecule has 2 atom stereocenters. The molecule has 2 heterocycles. The van der Waals surface area contributed by atoms with Crippen LogP contribution in [0.15, 0.2) is 0 Å². The second-order valence-electron chi connectivity index (χ2n) is 7.67.